The van der Waals surface area contributed by atoms with Crippen molar-refractivity contribution < 1.29 is 9.59 Å². The molecule has 5 heteroatoms. The standard InChI is InChI=1S/C11H8BrNO2S/c1-13-10(14)6-2-5-3-9(12)16-8(5)4-7(6)11(13)15/h2-3,7H,4H2,1H3. The fraction of sp³-hybridized carbons (Fsp3) is 0.273. The van der Waals surface area contributed by atoms with Gasteiger partial charge in [0.2, 0.25) is 5.91 Å². The number of thiophene rings is 1. The maximum Gasteiger partial charge on any atom is 0.256 e. The number of imide groups is 1. The highest BCUT2D eigenvalue weighted by Crippen LogP contribution is 2.40. The second-order valence-corrected chi connectivity index (χ2v) is 6.50. The molecule has 16 heavy (non-hydrogen) atoms. The lowest BCUT2D eigenvalue weighted by atomic mass is 9.90. The van der Waals surface area contributed by atoms with E-state index in [-0.39, 0.29) is 17.7 Å². The van der Waals surface area contributed by atoms with E-state index in [1.165, 1.54) is 9.78 Å². The first-order valence-electron chi connectivity index (χ1n) is 4.89. The Bertz CT molecular complexity index is 546. The summed E-state index contributed by atoms with van der Waals surface area (Å²) in [7, 11) is 1.55. The van der Waals surface area contributed by atoms with Gasteiger partial charge in [-0.1, -0.05) is 0 Å². The summed E-state index contributed by atoms with van der Waals surface area (Å²) in [5.74, 6) is -0.482. The Morgan fingerprint density at radius 3 is 3.00 bits per heavy atom. The lowest BCUT2D eigenvalue weighted by molar-refractivity contribution is -0.137. The molecule has 0 saturated carbocycles. The largest absolute Gasteiger partial charge is 0.281 e. The number of hydrogen-bond donors (Lipinski definition) is 0. The number of fused-ring (bicyclic) bond motifs is 2. The Labute approximate surface area is 105 Å². The van der Waals surface area contributed by atoms with Gasteiger partial charge in [-0.25, -0.2) is 0 Å². The molecule has 2 aliphatic rings. The Hall–Kier alpha value is -0.940. The minimum absolute atomic E-state index is 0.0774. The second kappa shape index (κ2) is 3.28. The van der Waals surface area contributed by atoms with Crippen LogP contribution in [0.2, 0.25) is 0 Å². The van der Waals surface area contributed by atoms with Crippen molar-refractivity contribution in [3.63, 3.8) is 0 Å². The zero-order valence-corrected chi connectivity index (χ0v) is 10.9. The van der Waals surface area contributed by atoms with Gasteiger partial charge >= 0.3 is 0 Å². The van der Waals surface area contributed by atoms with E-state index in [1.807, 2.05) is 12.1 Å². The lowest BCUT2D eigenvalue weighted by Crippen LogP contribution is -2.26. The zero-order chi connectivity index (χ0) is 11.4. The first kappa shape index (κ1) is 10.2. The van der Waals surface area contributed by atoms with E-state index in [2.05, 4.69) is 15.9 Å². The monoisotopic (exact) mass is 297 g/mol. The van der Waals surface area contributed by atoms with E-state index in [0.29, 0.717) is 12.0 Å². The topological polar surface area (TPSA) is 37.4 Å². The number of nitrogens with zero attached hydrogens (tertiary/aromatic N) is 1. The molecule has 82 valence electrons. The van der Waals surface area contributed by atoms with Crippen molar-refractivity contribution in [3.05, 3.63) is 25.9 Å². The molecule has 0 N–H and O–H groups in total. The zero-order valence-electron chi connectivity index (χ0n) is 8.49. The average molecular weight is 298 g/mol. The molecule has 0 bridgehead atoms. The van der Waals surface area contributed by atoms with Crippen LogP contribution in [-0.4, -0.2) is 23.8 Å². The first-order valence-corrected chi connectivity index (χ1v) is 6.50. The van der Waals surface area contributed by atoms with Crippen LogP contribution in [0.1, 0.15) is 10.4 Å². The molecule has 1 fully saturated rings. The van der Waals surface area contributed by atoms with E-state index >= 15 is 0 Å². The number of carbonyl (C=O) groups is 2. The van der Waals surface area contributed by atoms with Crippen molar-refractivity contribution in [2.75, 3.05) is 7.05 Å². The highest BCUT2D eigenvalue weighted by atomic mass is 79.9. The molecule has 1 saturated heterocycles. The van der Waals surface area contributed by atoms with E-state index in [0.717, 1.165) is 9.35 Å². The minimum atomic E-state index is -0.254. The quantitative estimate of drug-likeness (QED) is 0.688. The summed E-state index contributed by atoms with van der Waals surface area (Å²) < 4.78 is 1.04. The van der Waals surface area contributed by atoms with Crippen LogP contribution < -0.4 is 0 Å². The molecule has 1 atom stereocenters. The molecule has 1 aliphatic heterocycles. The van der Waals surface area contributed by atoms with Gasteiger partial charge in [0.05, 0.1) is 9.70 Å². The molecule has 0 spiro atoms. The van der Waals surface area contributed by atoms with Crippen LogP contribution >= 0.6 is 27.3 Å². The average Bonchev–Trinajstić information content (AvgIpc) is 2.70. The van der Waals surface area contributed by atoms with Crippen molar-refractivity contribution in [1.82, 2.24) is 4.90 Å². The van der Waals surface area contributed by atoms with E-state index < -0.39 is 0 Å². The molecule has 1 aromatic heterocycles. The Kier molecular flexibility index (Phi) is 2.09. The number of amides is 2. The van der Waals surface area contributed by atoms with Gasteiger partial charge in [-0.15, -0.1) is 11.3 Å². The van der Waals surface area contributed by atoms with Gasteiger partial charge in [0.1, 0.15) is 0 Å². The predicted molar refractivity (Wildman–Crippen MR) is 65.0 cm³/mol. The summed E-state index contributed by atoms with van der Waals surface area (Å²) in [5.41, 5.74) is 1.71. The van der Waals surface area contributed by atoms with E-state index in [4.69, 9.17) is 0 Å². The molecule has 1 aromatic rings. The third kappa shape index (κ3) is 1.25. The Morgan fingerprint density at radius 1 is 1.50 bits per heavy atom. The van der Waals surface area contributed by atoms with Crippen LogP contribution in [0.4, 0.5) is 0 Å². The fourth-order valence-corrected chi connectivity index (χ4v) is 3.95. The van der Waals surface area contributed by atoms with Crippen LogP contribution in [0.15, 0.2) is 15.4 Å². The normalized spacial score (nSPS) is 23.2. The van der Waals surface area contributed by atoms with Crippen molar-refractivity contribution in [2.24, 2.45) is 5.92 Å². The van der Waals surface area contributed by atoms with Crippen LogP contribution in [0.25, 0.3) is 6.08 Å². The summed E-state index contributed by atoms with van der Waals surface area (Å²) in [6.45, 7) is 0. The number of carbonyl (C=O) groups excluding carboxylic acids is 2. The number of likely N-dealkylation sites (tertiary alicyclic amines) is 1. The van der Waals surface area contributed by atoms with E-state index in [9.17, 15) is 9.59 Å². The predicted octanol–water partition coefficient (Wildman–Crippen LogP) is 2.06. The minimum Gasteiger partial charge on any atom is -0.281 e. The third-order valence-corrected chi connectivity index (χ3v) is 4.74. The van der Waals surface area contributed by atoms with E-state index in [1.54, 1.807) is 18.4 Å². The fourth-order valence-electron chi connectivity index (χ4n) is 2.21. The maximum atomic E-state index is 11.8. The molecule has 0 aromatic carbocycles. The molecule has 2 heterocycles. The summed E-state index contributed by atoms with van der Waals surface area (Å²) in [4.78, 5) is 26.0. The van der Waals surface area contributed by atoms with Crippen molar-refractivity contribution in [1.29, 1.82) is 0 Å². The van der Waals surface area contributed by atoms with Crippen LogP contribution in [0.5, 0.6) is 0 Å². The molecule has 1 aliphatic carbocycles. The molecule has 3 nitrogen and oxygen atoms in total. The maximum absolute atomic E-state index is 11.8. The molecule has 0 radical (unpaired) electrons. The van der Waals surface area contributed by atoms with Crippen molar-refractivity contribution >= 4 is 45.2 Å². The number of rotatable bonds is 0. The van der Waals surface area contributed by atoms with Gasteiger partial charge in [0, 0.05) is 17.5 Å². The number of likely N-dealkylation sites (N-methyl/N-ethyl adjacent to an activating group) is 1. The summed E-state index contributed by atoms with van der Waals surface area (Å²) in [5, 5.41) is 0. The van der Waals surface area contributed by atoms with Crippen LogP contribution in [0, 0.1) is 5.92 Å². The Morgan fingerprint density at radius 2 is 2.25 bits per heavy atom. The van der Waals surface area contributed by atoms with Gasteiger partial charge in [0.25, 0.3) is 5.91 Å². The van der Waals surface area contributed by atoms with Gasteiger partial charge in [0.15, 0.2) is 0 Å². The summed E-state index contributed by atoms with van der Waals surface area (Å²) >= 11 is 5.06. The summed E-state index contributed by atoms with van der Waals surface area (Å²) in [6, 6.07) is 2.00. The Balaban J connectivity index is 2.14. The molecule has 2 amide bonds. The SMILES string of the molecule is CN1C(=O)C2=Cc3cc(Br)sc3CC2C1=O. The third-order valence-electron chi connectivity index (χ3n) is 3.07. The van der Waals surface area contributed by atoms with Crippen LogP contribution in [-0.2, 0) is 16.0 Å². The van der Waals surface area contributed by atoms with Crippen molar-refractivity contribution in [3.8, 4) is 0 Å². The van der Waals surface area contributed by atoms with Gasteiger partial charge in [-0.05, 0) is 40.1 Å². The van der Waals surface area contributed by atoms with Crippen LogP contribution in [0.3, 0.4) is 0 Å². The van der Waals surface area contributed by atoms with Crippen molar-refractivity contribution in [2.45, 2.75) is 6.42 Å². The highest BCUT2D eigenvalue weighted by molar-refractivity contribution is 9.11. The smallest absolute Gasteiger partial charge is 0.256 e. The second-order valence-electron chi connectivity index (χ2n) is 3.99. The van der Waals surface area contributed by atoms with Gasteiger partial charge in [-0.3, -0.25) is 14.5 Å². The van der Waals surface area contributed by atoms with Gasteiger partial charge < -0.3 is 0 Å². The highest BCUT2D eigenvalue weighted by Gasteiger charge is 2.43. The lowest BCUT2D eigenvalue weighted by Gasteiger charge is -2.12. The molecular formula is C11H8BrNO2S. The molecule has 3 rings (SSSR count). The molecular weight excluding hydrogens is 290 g/mol. The molecule has 1 unspecified atom stereocenters. The first-order chi connectivity index (χ1) is 7.58. The number of halogens is 1. The number of hydrogen-bond acceptors (Lipinski definition) is 3. The van der Waals surface area contributed by atoms with Gasteiger partial charge in [-0.2, -0.15) is 0 Å². The summed E-state index contributed by atoms with van der Waals surface area (Å²) in [6.07, 6.45) is 2.51.